The van der Waals surface area contributed by atoms with E-state index in [2.05, 4.69) is 31.1 Å². The zero-order valence-corrected chi connectivity index (χ0v) is 16.5. The van der Waals surface area contributed by atoms with Crippen LogP contribution >= 0.6 is 11.6 Å². The Labute approximate surface area is 180 Å². The Morgan fingerprint density at radius 2 is 1.81 bits per heavy atom. The summed E-state index contributed by atoms with van der Waals surface area (Å²) in [7, 11) is 0. The summed E-state index contributed by atoms with van der Waals surface area (Å²) in [6.45, 7) is 0. The molecule has 0 saturated carbocycles. The Kier molecular flexibility index (Phi) is 5.54. The molecule has 154 valence electrons. The fourth-order valence-corrected chi connectivity index (χ4v) is 3.08. The van der Waals surface area contributed by atoms with Crippen molar-refractivity contribution < 1.29 is 9.72 Å². The smallest absolute Gasteiger partial charge is 0.334 e. The Bertz CT molecular complexity index is 1290. The molecule has 2 aromatic heterocycles. The number of carbonyl (C=O) groups excluding carboxylic acids is 1. The van der Waals surface area contributed by atoms with Gasteiger partial charge in [0.1, 0.15) is 6.33 Å². The molecule has 0 saturated heterocycles. The number of hydrazine groups is 1. The molecule has 0 aliphatic rings. The SMILES string of the molecule is O=C(NNc1ncnc(Nc2cccc3ncccc23)c1[N+](=O)[O-])c1cccc(Cl)c1. The number of aromatic nitrogens is 3. The predicted octanol–water partition coefficient (Wildman–Crippen LogP) is 4.09. The molecule has 2 heterocycles. The highest BCUT2D eigenvalue weighted by atomic mass is 35.5. The van der Waals surface area contributed by atoms with Gasteiger partial charge in [0.2, 0.25) is 11.6 Å². The van der Waals surface area contributed by atoms with Crippen molar-refractivity contribution in [1.29, 1.82) is 0 Å². The van der Waals surface area contributed by atoms with E-state index in [0.717, 1.165) is 17.2 Å². The number of nitro groups is 1. The molecule has 0 bridgehead atoms. The number of amides is 1. The second-order valence-corrected chi connectivity index (χ2v) is 6.70. The first-order valence-electron chi connectivity index (χ1n) is 8.95. The van der Waals surface area contributed by atoms with Gasteiger partial charge < -0.3 is 5.32 Å². The Morgan fingerprint density at radius 3 is 2.61 bits per heavy atom. The maximum Gasteiger partial charge on any atom is 0.355 e. The van der Waals surface area contributed by atoms with Crippen molar-refractivity contribution in [1.82, 2.24) is 20.4 Å². The van der Waals surface area contributed by atoms with Gasteiger partial charge in [-0.25, -0.2) is 9.97 Å². The summed E-state index contributed by atoms with van der Waals surface area (Å²) in [5, 5.41) is 15.9. The van der Waals surface area contributed by atoms with Crippen molar-refractivity contribution in [3.63, 3.8) is 0 Å². The van der Waals surface area contributed by atoms with Crippen LogP contribution in [0.5, 0.6) is 0 Å². The quantitative estimate of drug-likeness (QED) is 0.304. The van der Waals surface area contributed by atoms with Crippen molar-refractivity contribution >= 4 is 51.4 Å². The summed E-state index contributed by atoms with van der Waals surface area (Å²) in [6.07, 6.45) is 2.80. The molecule has 0 radical (unpaired) electrons. The van der Waals surface area contributed by atoms with Gasteiger partial charge in [0.15, 0.2) is 0 Å². The van der Waals surface area contributed by atoms with Crippen molar-refractivity contribution in [3.8, 4) is 0 Å². The summed E-state index contributed by atoms with van der Waals surface area (Å²) >= 11 is 5.89. The molecule has 1 amide bonds. The first kappa shape index (κ1) is 20.0. The normalized spacial score (nSPS) is 10.5. The van der Waals surface area contributed by atoms with Gasteiger partial charge in [0.05, 0.1) is 10.4 Å². The zero-order chi connectivity index (χ0) is 21.8. The minimum atomic E-state index is -0.639. The van der Waals surface area contributed by atoms with Crippen LogP contribution in [-0.2, 0) is 0 Å². The van der Waals surface area contributed by atoms with Crippen LogP contribution in [0.25, 0.3) is 10.9 Å². The number of fused-ring (bicyclic) bond motifs is 1. The monoisotopic (exact) mass is 435 g/mol. The number of pyridine rings is 1. The third-order valence-corrected chi connectivity index (χ3v) is 4.52. The minimum absolute atomic E-state index is 0.0455. The molecule has 10 nitrogen and oxygen atoms in total. The van der Waals surface area contributed by atoms with E-state index in [9.17, 15) is 14.9 Å². The number of benzene rings is 2. The van der Waals surface area contributed by atoms with E-state index in [1.807, 2.05) is 12.1 Å². The molecule has 0 atom stereocenters. The van der Waals surface area contributed by atoms with Gasteiger partial charge in [-0.2, -0.15) is 0 Å². The number of hydrogen-bond acceptors (Lipinski definition) is 8. The standard InChI is InChI=1S/C20H14ClN7O3/c21-13-5-1-4-12(10-13)20(29)27-26-19-17(28(30)31)18(23-11-24-19)25-16-8-2-7-15-14(16)6-3-9-22-15/h1-11H,(H,27,29)(H2,23,24,25,26). The van der Waals surface area contributed by atoms with Crippen LogP contribution in [0.4, 0.5) is 23.0 Å². The number of nitrogens with one attached hydrogen (secondary N) is 3. The maximum atomic E-state index is 12.3. The van der Waals surface area contributed by atoms with Gasteiger partial charge >= 0.3 is 5.69 Å². The average Bonchev–Trinajstić information content (AvgIpc) is 2.77. The Morgan fingerprint density at radius 1 is 1.00 bits per heavy atom. The molecule has 31 heavy (non-hydrogen) atoms. The second kappa shape index (κ2) is 8.59. The summed E-state index contributed by atoms with van der Waals surface area (Å²) in [6, 6.07) is 15.2. The van der Waals surface area contributed by atoms with Crippen LogP contribution in [0.15, 0.2) is 67.1 Å². The molecule has 0 spiro atoms. The Hall–Kier alpha value is -4.31. The fraction of sp³-hybridized carbons (Fsp3) is 0. The van der Waals surface area contributed by atoms with E-state index in [1.165, 1.54) is 6.07 Å². The molecule has 11 heteroatoms. The van der Waals surface area contributed by atoms with Crippen LogP contribution < -0.4 is 16.2 Å². The second-order valence-electron chi connectivity index (χ2n) is 6.27. The lowest BCUT2D eigenvalue weighted by Gasteiger charge is -2.12. The molecule has 2 aromatic carbocycles. The number of halogens is 1. The van der Waals surface area contributed by atoms with Crippen LogP contribution in [0.3, 0.4) is 0 Å². The largest absolute Gasteiger partial charge is 0.355 e. The topological polar surface area (TPSA) is 135 Å². The van der Waals surface area contributed by atoms with Crippen molar-refractivity contribution in [2.24, 2.45) is 0 Å². The fourth-order valence-electron chi connectivity index (χ4n) is 2.89. The van der Waals surface area contributed by atoms with Gasteiger partial charge in [-0.15, -0.1) is 0 Å². The van der Waals surface area contributed by atoms with Crippen LogP contribution in [0.1, 0.15) is 10.4 Å². The van der Waals surface area contributed by atoms with Crippen LogP contribution in [0.2, 0.25) is 5.02 Å². The lowest BCUT2D eigenvalue weighted by Crippen LogP contribution is -2.30. The number of nitrogens with zero attached hydrogens (tertiary/aromatic N) is 4. The van der Waals surface area contributed by atoms with E-state index in [4.69, 9.17) is 11.6 Å². The minimum Gasteiger partial charge on any atom is -0.334 e. The van der Waals surface area contributed by atoms with Crippen molar-refractivity contribution in [3.05, 3.63) is 87.8 Å². The lowest BCUT2D eigenvalue weighted by atomic mass is 10.2. The third-order valence-electron chi connectivity index (χ3n) is 4.28. The molecule has 4 aromatic rings. The third kappa shape index (κ3) is 4.33. The van der Waals surface area contributed by atoms with Crippen molar-refractivity contribution in [2.45, 2.75) is 0 Å². The summed E-state index contributed by atoms with van der Waals surface area (Å²) < 4.78 is 0. The highest BCUT2D eigenvalue weighted by Gasteiger charge is 2.24. The maximum absolute atomic E-state index is 12.3. The summed E-state index contributed by atoms with van der Waals surface area (Å²) in [5.41, 5.74) is 6.01. The van der Waals surface area contributed by atoms with E-state index in [1.54, 1.807) is 42.6 Å². The van der Waals surface area contributed by atoms with E-state index < -0.39 is 16.5 Å². The van der Waals surface area contributed by atoms with Gasteiger partial charge in [0.25, 0.3) is 5.91 Å². The molecule has 4 rings (SSSR count). The average molecular weight is 436 g/mol. The summed E-state index contributed by atoms with van der Waals surface area (Å²) in [4.78, 5) is 35.6. The van der Waals surface area contributed by atoms with Crippen LogP contribution in [0, 0.1) is 10.1 Å². The van der Waals surface area contributed by atoms with E-state index in [-0.39, 0.29) is 17.2 Å². The molecule has 0 aliphatic heterocycles. The molecule has 0 unspecified atom stereocenters. The van der Waals surface area contributed by atoms with Gasteiger partial charge in [-0.05, 0) is 42.5 Å². The first-order chi connectivity index (χ1) is 15.0. The molecule has 3 N–H and O–H groups in total. The highest BCUT2D eigenvalue weighted by Crippen LogP contribution is 2.32. The zero-order valence-electron chi connectivity index (χ0n) is 15.7. The lowest BCUT2D eigenvalue weighted by molar-refractivity contribution is -0.383. The first-order valence-corrected chi connectivity index (χ1v) is 9.33. The van der Waals surface area contributed by atoms with Crippen molar-refractivity contribution in [2.75, 3.05) is 10.7 Å². The molecule has 0 fully saturated rings. The van der Waals surface area contributed by atoms with Gasteiger partial charge in [-0.1, -0.05) is 23.7 Å². The number of rotatable bonds is 6. The van der Waals surface area contributed by atoms with E-state index in [0.29, 0.717) is 10.7 Å². The summed E-state index contributed by atoms with van der Waals surface area (Å²) in [5.74, 6) is -0.767. The Balaban J connectivity index is 1.62. The van der Waals surface area contributed by atoms with Crippen LogP contribution in [-0.4, -0.2) is 25.8 Å². The number of anilines is 3. The highest BCUT2D eigenvalue weighted by molar-refractivity contribution is 6.31. The number of hydrogen-bond donors (Lipinski definition) is 3. The number of carbonyl (C=O) groups is 1. The van der Waals surface area contributed by atoms with Gasteiger partial charge in [0, 0.05) is 27.9 Å². The van der Waals surface area contributed by atoms with E-state index >= 15 is 0 Å². The van der Waals surface area contributed by atoms with Gasteiger partial charge in [-0.3, -0.25) is 30.7 Å². The predicted molar refractivity (Wildman–Crippen MR) is 116 cm³/mol. The molecular weight excluding hydrogens is 422 g/mol. The molecular formula is C20H14ClN7O3. The molecule has 0 aliphatic carbocycles.